The minimum absolute atomic E-state index is 0.110. The van der Waals surface area contributed by atoms with E-state index in [9.17, 15) is 4.79 Å². The summed E-state index contributed by atoms with van der Waals surface area (Å²) in [4.78, 5) is 12.2. The smallest absolute Gasteiger partial charge is 0.146 e. The second-order valence-corrected chi connectivity index (χ2v) is 6.07. The molecule has 0 aromatic heterocycles. The predicted octanol–water partition coefficient (Wildman–Crippen LogP) is 4.06. The molecule has 0 aliphatic heterocycles. The zero-order valence-electron chi connectivity index (χ0n) is 11.7. The molecule has 1 atom stereocenters. The molecule has 3 rings (SSSR count). The summed E-state index contributed by atoms with van der Waals surface area (Å²) in [5.74, 6) is 1.39. The van der Waals surface area contributed by atoms with E-state index < -0.39 is 0 Å². The standard InChI is InChI=1S/C17H22O2/c1-13-8-4-5-9-14(13)19-16-12-15(18)17(16)10-6-2-3-7-11-17/h4-5,8-9,16H,2-3,6-7,10-12H2,1H3. The van der Waals surface area contributed by atoms with Crippen LogP contribution in [0.2, 0.25) is 0 Å². The molecule has 1 unspecified atom stereocenters. The van der Waals surface area contributed by atoms with E-state index in [2.05, 4.69) is 13.0 Å². The van der Waals surface area contributed by atoms with Crippen molar-refractivity contribution in [1.82, 2.24) is 0 Å². The van der Waals surface area contributed by atoms with Crippen molar-refractivity contribution in [1.29, 1.82) is 0 Å². The van der Waals surface area contributed by atoms with Gasteiger partial charge in [0.15, 0.2) is 0 Å². The molecule has 0 bridgehead atoms. The summed E-state index contributed by atoms with van der Waals surface area (Å²) in [6.45, 7) is 2.07. The highest BCUT2D eigenvalue weighted by atomic mass is 16.5. The van der Waals surface area contributed by atoms with Crippen LogP contribution in [0.3, 0.4) is 0 Å². The van der Waals surface area contributed by atoms with Crippen LogP contribution in [0.15, 0.2) is 24.3 Å². The lowest BCUT2D eigenvalue weighted by molar-refractivity contribution is -0.154. The number of hydrogen-bond acceptors (Lipinski definition) is 2. The molecule has 2 nitrogen and oxygen atoms in total. The van der Waals surface area contributed by atoms with Crippen LogP contribution in [0, 0.1) is 12.3 Å². The first-order valence-corrected chi connectivity index (χ1v) is 7.48. The number of ketones is 1. The third kappa shape index (κ3) is 2.18. The van der Waals surface area contributed by atoms with Crippen LogP contribution < -0.4 is 4.74 Å². The van der Waals surface area contributed by atoms with Crippen LogP contribution in [-0.4, -0.2) is 11.9 Å². The van der Waals surface area contributed by atoms with Gasteiger partial charge < -0.3 is 4.74 Å². The summed E-state index contributed by atoms with van der Waals surface area (Å²) in [5, 5.41) is 0. The number of para-hydroxylation sites is 1. The zero-order chi connectivity index (χ0) is 13.3. The summed E-state index contributed by atoms with van der Waals surface area (Å²) in [5.41, 5.74) is 1.00. The number of carbonyl (C=O) groups is 1. The lowest BCUT2D eigenvalue weighted by Crippen LogP contribution is -2.56. The number of rotatable bonds is 2. The quantitative estimate of drug-likeness (QED) is 0.799. The number of aryl methyl sites for hydroxylation is 1. The maximum Gasteiger partial charge on any atom is 0.146 e. The zero-order valence-corrected chi connectivity index (χ0v) is 11.7. The number of benzene rings is 1. The van der Waals surface area contributed by atoms with E-state index in [1.807, 2.05) is 18.2 Å². The molecule has 19 heavy (non-hydrogen) atoms. The third-order valence-electron chi connectivity index (χ3n) is 4.90. The van der Waals surface area contributed by atoms with Gasteiger partial charge in [-0.25, -0.2) is 0 Å². The van der Waals surface area contributed by atoms with Gasteiger partial charge in [0.25, 0.3) is 0 Å². The number of ether oxygens (including phenoxy) is 1. The topological polar surface area (TPSA) is 26.3 Å². The fourth-order valence-corrected chi connectivity index (χ4v) is 3.57. The maximum absolute atomic E-state index is 12.2. The molecule has 102 valence electrons. The van der Waals surface area contributed by atoms with Crippen LogP contribution >= 0.6 is 0 Å². The van der Waals surface area contributed by atoms with E-state index in [0.717, 1.165) is 24.2 Å². The highest BCUT2D eigenvalue weighted by Crippen LogP contribution is 2.49. The fraction of sp³-hybridized carbons (Fsp3) is 0.588. The van der Waals surface area contributed by atoms with Gasteiger partial charge in [0.1, 0.15) is 17.6 Å². The molecule has 2 aliphatic rings. The Hall–Kier alpha value is -1.31. The SMILES string of the molecule is Cc1ccccc1OC1CC(=O)C12CCCCCC2. The minimum Gasteiger partial charge on any atom is -0.489 e. The van der Waals surface area contributed by atoms with Crippen molar-refractivity contribution < 1.29 is 9.53 Å². The molecule has 0 amide bonds. The molecule has 1 aromatic carbocycles. The van der Waals surface area contributed by atoms with Gasteiger partial charge in [0.2, 0.25) is 0 Å². The second kappa shape index (κ2) is 4.99. The van der Waals surface area contributed by atoms with Gasteiger partial charge in [-0.1, -0.05) is 43.9 Å². The lowest BCUT2D eigenvalue weighted by atomic mass is 9.60. The molecule has 2 aliphatic carbocycles. The predicted molar refractivity (Wildman–Crippen MR) is 75.4 cm³/mol. The van der Waals surface area contributed by atoms with Crippen molar-refractivity contribution >= 4 is 5.78 Å². The first-order valence-electron chi connectivity index (χ1n) is 7.48. The average Bonchev–Trinajstić information content (AvgIpc) is 2.68. The van der Waals surface area contributed by atoms with Gasteiger partial charge in [-0.3, -0.25) is 4.79 Å². The van der Waals surface area contributed by atoms with Crippen molar-refractivity contribution in [2.75, 3.05) is 0 Å². The monoisotopic (exact) mass is 258 g/mol. The normalized spacial score (nSPS) is 25.7. The Labute approximate surface area is 115 Å². The molecule has 2 saturated carbocycles. The van der Waals surface area contributed by atoms with Gasteiger partial charge in [-0.15, -0.1) is 0 Å². The highest BCUT2D eigenvalue weighted by Gasteiger charge is 2.55. The minimum atomic E-state index is -0.154. The Morgan fingerprint density at radius 2 is 1.79 bits per heavy atom. The number of carbonyl (C=O) groups excluding carboxylic acids is 1. The molecule has 0 radical (unpaired) electrons. The summed E-state index contributed by atoms with van der Waals surface area (Å²) in [6, 6.07) is 8.11. The van der Waals surface area contributed by atoms with E-state index in [1.54, 1.807) is 0 Å². The number of Topliss-reactive ketones (excluding diaryl/α,β-unsaturated/α-hetero) is 1. The Balaban J connectivity index is 1.78. The molecule has 1 aromatic rings. The van der Waals surface area contributed by atoms with E-state index in [4.69, 9.17) is 4.74 Å². The first kappa shape index (κ1) is 12.7. The molecular formula is C17H22O2. The summed E-state index contributed by atoms with van der Waals surface area (Å²) < 4.78 is 6.18. The van der Waals surface area contributed by atoms with Gasteiger partial charge >= 0.3 is 0 Å². The van der Waals surface area contributed by atoms with Crippen molar-refractivity contribution in [2.24, 2.45) is 5.41 Å². The summed E-state index contributed by atoms with van der Waals surface area (Å²) in [6.07, 6.45) is 7.68. The van der Waals surface area contributed by atoms with Gasteiger partial charge in [0, 0.05) is 6.42 Å². The van der Waals surface area contributed by atoms with E-state index >= 15 is 0 Å². The fourth-order valence-electron chi connectivity index (χ4n) is 3.57. The summed E-state index contributed by atoms with van der Waals surface area (Å²) in [7, 11) is 0. The molecule has 0 saturated heterocycles. The van der Waals surface area contributed by atoms with Gasteiger partial charge in [0.05, 0.1) is 5.41 Å². The first-order chi connectivity index (χ1) is 9.22. The van der Waals surface area contributed by atoms with Crippen molar-refractivity contribution in [3.63, 3.8) is 0 Å². The lowest BCUT2D eigenvalue weighted by Gasteiger charge is -2.47. The molecule has 1 spiro atoms. The van der Waals surface area contributed by atoms with Crippen molar-refractivity contribution in [2.45, 2.75) is 58.0 Å². The Morgan fingerprint density at radius 3 is 2.42 bits per heavy atom. The van der Waals surface area contributed by atoms with E-state index in [1.165, 1.54) is 25.7 Å². The Kier molecular flexibility index (Phi) is 3.34. The third-order valence-corrected chi connectivity index (χ3v) is 4.90. The highest BCUT2D eigenvalue weighted by molar-refractivity contribution is 5.92. The van der Waals surface area contributed by atoms with Crippen LogP contribution in [-0.2, 0) is 4.79 Å². The Morgan fingerprint density at radius 1 is 1.11 bits per heavy atom. The van der Waals surface area contributed by atoms with Crippen molar-refractivity contribution in [3.8, 4) is 5.75 Å². The second-order valence-electron chi connectivity index (χ2n) is 6.07. The van der Waals surface area contributed by atoms with E-state index in [-0.39, 0.29) is 11.5 Å². The molecule has 2 heteroatoms. The van der Waals surface area contributed by atoms with E-state index in [0.29, 0.717) is 12.2 Å². The molecule has 0 heterocycles. The van der Waals surface area contributed by atoms with Gasteiger partial charge in [-0.05, 0) is 31.4 Å². The van der Waals surface area contributed by atoms with Crippen molar-refractivity contribution in [3.05, 3.63) is 29.8 Å². The van der Waals surface area contributed by atoms with Crippen LogP contribution in [0.1, 0.15) is 50.5 Å². The van der Waals surface area contributed by atoms with Gasteiger partial charge in [-0.2, -0.15) is 0 Å². The van der Waals surface area contributed by atoms with Crippen LogP contribution in [0.4, 0.5) is 0 Å². The largest absolute Gasteiger partial charge is 0.489 e. The molecule has 0 N–H and O–H groups in total. The number of hydrogen-bond donors (Lipinski definition) is 0. The Bertz CT molecular complexity index is 470. The van der Waals surface area contributed by atoms with Crippen LogP contribution in [0.5, 0.6) is 5.75 Å². The van der Waals surface area contributed by atoms with Crippen LogP contribution in [0.25, 0.3) is 0 Å². The average molecular weight is 258 g/mol. The molecular weight excluding hydrogens is 236 g/mol. The summed E-state index contributed by atoms with van der Waals surface area (Å²) >= 11 is 0. The maximum atomic E-state index is 12.2. The molecule has 2 fully saturated rings.